The highest BCUT2D eigenvalue weighted by molar-refractivity contribution is 7.80. The lowest BCUT2D eigenvalue weighted by atomic mass is 9.93. The Kier molecular flexibility index (Phi) is 5.65. The van der Waals surface area contributed by atoms with Crippen LogP contribution >= 0.6 is 12.2 Å². The summed E-state index contributed by atoms with van der Waals surface area (Å²) in [5.74, 6) is 0.195. The molecule has 1 heterocycles. The average Bonchev–Trinajstić information content (AvgIpc) is 2.67. The van der Waals surface area contributed by atoms with Gasteiger partial charge in [0.1, 0.15) is 11.6 Å². The van der Waals surface area contributed by atoms with Gasteiger partial charge in [-0.2, -0.15) is 0 Å². The molecule has 3 rings (SSSR count). The highest BCUT2D eigenvalue weighted by Gasteiger charge is 2.35. The number of hydrogen-bond donors (Lipinski definition) is 1. The average molecular weight is 399 g/mol. The quantitative estimate of drug-likeness (QED) is 0.796. The summed E-state index contributed by atoms with van der Waals surface area (Å²) < 4.78 is 19.0. The topological polar surface area (TPSA) is 44.8 Å². The number of benzene rings is 2. The maximum absolute atomic E-state index is 13.8. The maximum Gasteiger partial charge on any atom is 0.253 e. The van der Waals surface area contributed by atoms with Crippen molar-refractivity contribution in [2.75, 3.05) is 26.1 Å². The minimum Gasteiger partial charge on any atom is -0.497 e. The third kappa shape index (κ3) is 3.71. The van der Waals surface area contributed by atoms with Crippen molar-refractivity contribution in [2.45, 2.75) is 13.0 Å². The van der Waals surface area contributed by atoms with E-state index in [9.17, 15) is 9.18 Å². The molecule has 1 N–H and O–H groups in total. The fraction of sp³-hybridized carbons (Fsp3) is 0.238. The van der Waals surface area contributed by atoms with Crippen LogP contribution in [0.15, 0.2) is 59.8 Å². The lowest BCUT2D eigenvalue weighted by Crippen LogP contribution is -2.49. The second-order valence-electron chi connectivity index (χ2n) is 6.67. The normalized spacial score (nSPS) is 16.7. The van der Waals surface area contributed by atoms with Gasteiger partial charge in [0.15, 0.2) is 5.11 Å². The SMILES string of the molecule is COc1ccc(N2C(=S)N[C@@H](c3cccc(F)c3)C(C(=O)N(C)C)=C2C)cc1. The van der Waals surface area contributed by atoms with Crippen molar-refractivity contribution in [3.05, 3.63) is 71.2 Å². The van der Waals surface area contributed by atoms with Gasteiger partial charge >= 0.3 is 0 Å². The van der Waals surface area contributed by atoms with Crippen LogP contribution in [0.3, 0.4) is 0 Å². The standard InChI is InChI=1S/C21H22FN3O2S/c1-13-18(20(26)24(2)3)19(14-6-5-7-15(22)12-14)23-21(28)25(13)16-8-10-17(27-4)11-9-16/h5-12,19H,1-4H3,(H,23,28)/t19-/m0/s1. The number of nitrogens with zero attached hydrogens (tertiary/aromatic N) is 2. The number of rotatable bonds is 4. The molecule has 0 unspecified atom stereocenters. The van der Waals surface area contributed by atoms with E-state index in [1.165, 1.54) is 17.0 Å². The van der Waals surface area contributed by atoms with E-state index >= 15 is 0 Å². The maximum atomic E-state index is 13.8. The van der Waals surface area contributed by atoms with Crippen molar-refractivity contribution in [3.8, 4) is 5.75 Å². The molecule has 28 heavy (non-hydrogen) atoms. The van der Waals surface area contributed by atoms with Gasteiger partial charge in [0, 0.05) is 25.5 Å². The molecule has 1 atom stereocenters. The number of carbonyl (C=O) groups is 1. The van der Waals surface area contributed by atoms with Crippen LogP contribution in [0.25, 0.3) is 0 Å². The van der Waals surface area contributed by atoms with Crippen LogP contribution < -0.4 is 15.0 Å². The number of hydrogen-bond acceptors (Lipinski definition) is 3. The number of carbonyl (C=O) groups excluding carboxylic acids is 1. The van der Waals surface area contributed by atoms with Crippen LogP contribution in [0, 0.1) is 5.82 Å². The molecule has 2 aromatic carbocycles. The van der Waals surface area contributed by atoms with E-state index in [4.69, 9.17) is 17.0 Å². The van der Waals surface area contributed by atoms with E-state index in [1.807, 2.05) is 31.2 Å². The van der Waals surface area contributed by atoms with Gasteiger partial charge in [0.05, 0.1) is 18.7 Å². The van der Waals surface area contributed by atoms with Crippen molar-refractivity contribution in [2.24, 2.45) is 0 Å². The third-order valence-corrected chi connectivity index (χ3v) is 4.93. The largest absolute Gasteiger partial charge is 0.497 e. The summed E-state index contributed by atoms with van der Waals surface area (Å²) in [6.45, 7) is 1.85. The second-order valence-corrected chi connectivity index (χ2v) is 7.06. The zero-order chi connectivity index (χ0) is 20.4. The second kappa shape index (κ2) is 7.98. The van der Waals surface area contributed by atoms with Crippen LogP contribution in [0.1, 0.15) is 18.5 Å². The van der Waals surface area contributed by atoms with Crippen LogP contribution in [-0.2, 0) is 4.79 Å². The summed E-state index contributed by atoms with van der Waals surface area (Å²) in [5, 5.41) is 3.64. The minimum atomic E-state index is -0.535. The van der Waals surface area contributed by atoms with Crippen molar-refractivity contribution in [1.29, 1.82) is 0 Å². The van der Waals surface area contributed by atoms with E-state index in [0.29, 0.717) is 21.9 Å². The van der Waals surface area contributed by atoms with Gasteiger partial charge < -0.3 is 15.0 Å². The lowest BCUT2D eigenvalue weighted by molar-refractivity contribution is -0.125. The number of nitrogens with one attached hydrogen (secondary N) is 1. The van der Waals surface area contributed by atoms with E-state index < -0.39 is 6.04 Å². The molecular weight excluding hydrogens is 377 g/mol. The summed E-state index contributed by atoms with van der Waals surface area (Å²) >= 11 is 5.59. The molecule has 0 saturated heterocycles. The van der Waals surface area contributed by atoms with Gasteiger partial charge in [0.2, 0.25) is 0 Å². The molecule has 7 heteroatoms. The van der Waals surface area contributed by atoms with Crippen LogP contribution in [0.2, 0.25) is 0 Å². The van der Waals surface area contributed by atoms with E-state index in [-0.39, 0.29) is 11.7 Å². The first-order chi connectivity index (χ1) is 13.3. The first kappa shape index (κ1) is 19.8. The molecule has 0 radical (unpaired) electrons. The number of amides is 1. The van der Waals surface area contributed by atoms with Crippen LogP contribution in [0.4, 0.5) is 10.1 Å². The molecule has 146 valence electrons. The molecule has 2 aromatic rings. The van der Waals surface area contributed by atoms with Gasteiger partial charge in [-0.25, -0.2) is 4.39 Å². The van der Waals surface area contributed by atoms with Gasteiger partial charge in [0.25, 0.3) is 5.91 Å². The third-order valence-electron chi connectivity index (χ3n) is 4.63. The van der Waals surface area contributed by atoms with E-state index in [1.54, 1.807) is 38.2 Å². The molecular formula is C21H22FN3O2S. The van der Waals surface area contributed by atoms with Crippen molar-refractivity contribution in [3.63, 3.8) is 0 Å². The number of ether oxygens (including phenoxy) is 1. The fourth-order valence-electron chi connectivity index (χ4n) is 3.24. The number of methoxy groups -OCH3 is 1. The Hall–Kier alpha value is -2.93. The number of allylic oxidation sites excluding steroid dienone is 1. The molecule has 0 saturated carbocycles. The van der Waals surface area contributed by atoms with Crippen LogP contribution in [0.5, 0.6) is 5.75 Å². The fourth-order valence-corrected chi connectivity index (χ4v) is 3.60. The van der Waals surface area contributed by atoms with Crippen LogP contribution in [-0.4, -0.2) is 37.1 Å². The molecule has 5 nitrogen and oxygen atoms in total. The molecule has 1 aliphatic heterocycles. The Morgan fingerprint density at radius 3 is 2.46 bits per heavy atom. The molecule has 0 aliphatic carbocycles. The summed E-state index contributed by atoms with van der Waals surface area (Å²) in [6.07, 6.45) is 0. The van der Waals surface area contributed by atoms with Crippen molar-refractivity contribution in [1.82, 2.24) is 10.2 Å². The first-order valence-electron chi connectivity index (χ1n) is 8.76. The Morgan fingerprint density at radius 1 is 1.21 bits per heavy atom. The van der Waals surface area contributed by atoms with E-state index in [0.717, 1.165) is 11.4 Å². The van der Waals surface area contributed by atoms with E-state index in [2.05, 4.69) is 5.32 Å². The molecule has 0 bridgehead atoms. The summed E-state index contributed by atoms with van der Waals surface area (Å²) in [5.41, 5.74) is 2.65. The minimum absolute atomic E-state index is 0.166. The van der Waals surface area contributed by atoms with Gasteiger partial charge in [-0.15, -0.1) is 0 Å². The molecule has 0 aromatic heterocycles. The highest BCUT2D eigenvalue weighted by atomic mass is 32.1. The first-order valence-corrected chi connectivity index (χ1v) is 9.17. The molecule has 0 fully saturated rings. The summed E-state index contributed by atoms with van der Waals surface area (Å²) in [7, 11) is 4.98. The molecule has 1 aliphatic rings. The van der Waals surface area contributed by atoms with Gasteiger partial charge in [-0.05, 0) is 61.1 Å². The zero-order valence-electron chi connectivity index (χ0n) is 16.2. The summed E-state index contributed by atoms with van der Waals surface area (Å²) in [6, 6.07) is 13.1. The highest BCUT2D eigenvalue weighted by Crippen LogP contribution is 2.35. The Bertz CT molecular complexity index is 941. The zero-order valence-corrected chi connectivity index (χ0v) is 17.0. The number of likely N-dealkylation sites (N-methyl/N-ethyl adjacent to an activating group) is 1. The van der Waals surface area contributed by atoms with Gasteiger partial charge in [-0.1, -0.05) is 12.1 Å². The lowest BCUT2D eigenvalue weighted by Gasteiger charge is -2.38. The smallest absolute Gasteiger partial charge is 0.253 e. The van der Waals surface area contributed by atoms with Gasteiger partial charge in [-0.3, -0.25) is 9.69 Å². The molecule has 1 amide bonds. The predicted octanol–water partition coefficient (Wildman–Crippen LogP) is 3.63. The Morgan fingerprint density at radius 2 is 1.89 bits per heavy atom. The van der Waals surface area contributed by atoms with Crippen molar-refractivity contribution >= 4 is 28.9 Å². The monoisotopic (exact) mass is 399 g/mol. The molecule has 0 spiro atoms. The Labute approximate surface area is 169 Å². The number of anilines is 1. The number of thiocarbonyl (C=S) groups is 1. The number of halogens is 1. The summed E-state index contributed by atoms with van der Waals surface area (Å²) in [4.78, 5) is 16.3. The predicted molar refractivity (Wildman–Crippen MR) is 112 cm³/mol. The Balaban J connectivity index is 2.13. The van der Waals surface area contributed by atoms with Crippen molar-refractivity contribution < 1.29 is 13.9 Å².